The average Bonchev–Trinajstić information content (AvgIpc) is 3.16. The van der Waals surface area contributed by atoms with E-state index in [1.165, 1.54) is 11.3 Å². The number of carbonyl (C=O) groups is 1. The highest BCUT2D eigenvalue weighted by molar-refractivity contribution is 7.13. The van der Waals surface area contributed by atoms with Crippen LogP contribution in [-0.2, 0) is 6.42 Å². The number of hydrogen-bond acceptors (Lipinski definition) is 5. The summed E-state index contributed by atoms with van der Waals surface area (Å²) in [6.45, 7) is 7.84. The summed E-state index contributed by atoms with van der Waals surface area (Å²) in [5.41, 5.74) is 3.20. The monoisotopic (exact) mass is 369 g/mol. The van der Waals surface area contributed by atoms with E-state index in [-0.39, 0.29) is 5.91 Å². The van der Waals surface area contributed by atoms with Gasteiger partial charge in [0.15, 0.2) is 0 Å². The van der Waals surface area contributed by atoms with E-state index in [1.807, 2.05) is 45.0 Å². The third kappa shape index (κ3) is 4.02. The van der Waals surface area contributed by atoms with Crippen molar-refractivity contribution in [3.63, 3.8) is 0 Å². The molecule has 2 heterocycles. The molecule has 1 amide bonds. The topological polar surface area (TPSA) is 68.0 Å². The summed E-state index contributed by atoms with van der Waals surface area (Å²) in [6.07, 6.45) is 3.13. The van der Waals surface area contributed by atoms with E-state index in [9.17, 15) is 4.79 Å². The zero-order chi connectivity index (χ0) is 18.7. The van der Waals surface area contributed by atoms with Crippen LogP contribution < -0.4 is 5.32 Å². The number of aryl methyl sites for hydroxylation is 4. The van der Waals surface area contributed by atoms with Crippen molar-refractivity contribution in [2.75, 3.05) is 5.32 Å². The maximum atomic E-state index is 12.6. The van der Waals surface area contributed by atoms with Gasteiger partial charge in [0, 0.05) is 11.3 Å². The molecule has 2 aromatic heterocycles. The van der Waals surface area contributed by atoms with Crippen molar-refractivity contribution in [1.29, 1.82) is 0 Å². The fourth-order valence-electron chi connectivity index (χ4n) is 2.61. The normalized spacial score (nSPS) is 10.9. The summed E-state index contributed by atoms with van der Waals surface area (Å²) in [5, 5.41) is 3.98. The van der Waals surface area contributed by atoms with Crippen molar-refractivity contribution in [2.24, 2.45) is 0 Å². The minimum absolute atomic E-state index is 0.125. The molecule has 3 rings (SSSR count). The fourth-order valence-corrected chi connectivity index (χ4v) is 3.61. The number of carbonyl (C=O) groups excluding carboxylic acids is 1. The van der Waals surface area contributed by atoms with E-state index in [2.05, 4.69) is 22.2 Å². The second-order valence-corrected chi connectivity index (χ2v) is 7.40. The number of anilines is 1. The van der Waals surface area contributed by atoms with Crippen LogP contribution in [0.25, 0.3) is 11.5 Å². The molecule has 1 N–H and O–H groups in total. The number of rotatable bonds is 6. The first-order valence-corrected chi connectivity index (χ1v) is 9.61. The standard InChI is InChI=1S/C20H23N3O2S/c1-5-6-10-17-21-13(3)18(26-17)19(24)23-16-9-7-8-15(11-16)20-22-12(2)14(4)25-20/h7-9,11H,5-6,10H2,1-4H3,(H,23,24). The Bertz CT molecular complexity index is 908. The summed E-state index contributed by atoms with van der Waals surface area (Å²) >= 11 is 1.48. The van der Waals surface area contributed by atoms with Crippen molar-refractivity contribution in [2.45, 2.75) is 47.0 Å². The van der Waals surface area contributed by atoms with E-state index in [1.54, 1.807) is 0 Å². The van der Waals surface area contributed by atoms with Gasteiger partial charge in [-0.05, 0) is 51.8 Å². The molecule has 5 nitrogen and oxygen atoms in total. The predicted octanol–water partition coefficient (Wildman–Crippen LogP) is 5.32. The lowest BCUT2D eigenvalue weighted by Gasteiger charge is -2.05. The van der Waals surface area contributed by atoms with Crippen LogP contribution in [-0.4, -0.2) is 15.9 Å². The first kappa shape index (κ1) is 18.3. The van der Waals surface area contributed by atoms with Crippen LogP contribution in [0.4, 0.5) is 5.69 Å². The Balaban J connectivity index is 1.77. The number of aromatic nitrogens is 2. The van der Waals surface area contributed by atoms with Gasteiger partial charge in [0.2, 0.25) is 5.89 Å². The molecule has 0 aliphatic heterocycles. The molecule has 0 atom stereocenters. The molecule has 0 aliphatic rings. The first-order valence-electron chi connectivity index (χ1n) is 8.80. The van der Waals surface area contributed by atoms with Crippen LogP contribution in [0.2, 0.25) is 0 Å². The summed E-state index contributed by atoms with van der Waals surface area (Å²) in [7, 11) is 0. The van der Waals surface area contributed by atoms with Crippen LogP contribution in [0.3, 0.4) is 0 Å². The highest BCUT2D eigenvalue weighted by Crippen LogP contribution is 2.25. The molecule has 3 aromatic rings. The largest absolute Gasteiger partial charge is 0.441 e. The molecule has 0 aliphatic carbocycles. The smallest absolute Gasteiger partial charge is 0.267 e. The Morgan fingerprint density at radius 2 is 2.00 bits per heavy atom. The molecule has 0 fully saturated rings. The van der Waals surface area contributed by atoms with E-state index >= 15 is 0 Å². The van der Waals surface area contributed by atoms with Gasteiger partial charge in [0.1, 0.15) is 10.6 Å². The molecule has 0 radical (unpaired) electrons. The number of oxazole rings is 1. The Morgan fingerprint density at radius 1 is 1.19 bits per heavy atom. The number of thiazole rings is 1. The third-order valence-corrected chi connectivity index (χ3v) is 5.40. The molecule has 6 heteroatoms. The average molecular weight is 369 g/mol. The van der Waals surface area contributed by atoms with Gasteiger partial charge in [-0.3, -0.25) is 4.79 Å². The van der Waals surface area contributed by atoms with Crippen LogP contribution in [0.15, 0.2) is 28.7 Å². The van der Waals surface area contributed by atoms with Crippen LogP contribution >= 0.6 is 11.3 Å². The number of amides is 1. The second kappa shape index (κ2) is 7.83. The Kier molecular flexibility index (Phi) is 5.52. The quantitative estimate of drug-likeness (QED) is 0.638. The lowest BCUT2D eigenvalue weighted by atomic mass is 10.2. The van der Waals surface area contributed by atoms with Crippen LogP contribution in [0.5, 0.6) is 0 Å². The van der Waals surface area contributed by atoms with Gasteiger partial charge in [-0.25, -0.2) is 9.97 Å². The number of unbranched alkanes of at least 4 members (excludes halogenated alkanes) is 1. The van der Waals surface area contributed by atoms with Crippen molar-refractivity contribution in [1.82, 2.24) is 9.97 Å². The molecule has 0 bridgehead atoms. The zero-order valence-corrected chi connectivity index (χ0v) is 16.4. The van der Waals surface area contributed by atoms with E-state index in [0.717, 1.165) is 47.0 Å². The van der Waals surface area contributed by atoms with Crippen LogP contribution in [0.1, 0.15) is 51.6 Å². The summed E-state index contributed by atoms with van der Waals surface area (Å²) in [6, 6.07) is 7.53. The minimum Gasteiger partial charge on any atom is -0.441 e. The third-order valence-electron chi connectivity index (χ3n) is 4.19. The van der Waals surface area contributed by atoms with Gasteiger partial charge in [-0.1, -0.05) is 19.4 Å². The lowest BCUT2D eigenvalue weighted by Crippen LogP contribution is -2.11. The SMILES string of the molecule is CCCCc1nc(C)c(C(=O)Nc2cccc(-c3nc(C)c(C)o3)c2)s1. The summed E-state index contributed by atoms with van der Waals surface area (Å²) in [4.78, 5) is 22.3. The Hall–Kier alpha value is -2.47. The first-order chi connectivity index (χ1) is 12.5. The number of nitrogens with zero attached hydrogens (tertiary/aromatic N) is 2. The molecule has 0 spiro atoms. The van der Waals surface area contributed by atoms with E-state index in [0.29, 0.717) is 16.5 Å². The van der Waals surface area contributed by atoms with Crippen molar-refractivity contribution < 1.29 is 9.21 Å². The maximum absolute atomic E-state index is 12.6. The Labute approximate surface area is 157 Å². The molecule has 1 aromatic carbocycles. The van der Waals surface area contributed by atoms with Gasteiger partial charge < -0.3 is 9.73 Å². The van der Waals surface area contributed by atoms with Crippen molar-refractivity contribution in [3.05, 3.63) is 51.3 Å². The summed E-state index contributed by atoms with van der Waals surface area (Å²) in [5.74, 6) is 1.24. The van der Waals surface area contributed by atoms with Gasteiger partial charge in [-0.2, -0.15) is 0 Å². The second-order valence-electron chi connectivity index (χ2n) is 6.32. The van der Waals surface area contributed by atoms with E-state index < -0.39 is 0 Å². The maximum Gasteiger partial charge on any atom is 0.267 e. The van der Waals surface area contributed by atoms with Gasteiger partial charge >= 0.3 is 0 Å². The van der Waals surface area contributed by atoms with E-state index in [4.69, 9.17) is 4.42 Å². The van der Waals surface area contributed by atoms with Gasteiger partial charge in [0.25, 0.3) is 5.91 Å². The number of hydrogen-bond donors (Lipinski definition) is 1. The predicted molar refractivity (Wildman–Crippen MR) is 105 cm³/mol. The molecular weight excluding hydrogens is 346 g/mol. The minimum atomic E-state index is -0.125. The van der Waals surface area contributed by atoms with Crippen molar-refractivity contribution >= 4 is 22.9 Å². The summed E-state index contributed by atoms with van der Waals surface area (Å²) < 4.78 is 5.67. The van der Waals surface area contributed by atoms with Gasteiger partial charge in [0.05, 0.1) is 16.4 Å². The van der Waals surface area contributed by atoms with Crippen molar-refractivity contribution in [3.8, 4) is 11.5 Å². The molecule has 0 unspecified atom stereocenters. The number of nitrogens with one attached hydrogen (secondary N) is 1. The molecule has 0 saturated carbocycles. The molecular formula is C20H23N3O2S. The molecule has 136 valence electrons. The Morgan fingerprint density at radius 3 is 2.69 bits per heavy atom. The molecule has 26 heavy (non-hydrogen) atoms. The van der Waals surface area contributed by atoms with Gasteiger partial charge in [-0.15, -0.1) is 11.3 Å². The lowest BCUT2D eigenvalue weighted by molar-refractivity contribution is 0.103. The van der Waals surface area contributed by atoms with Crippen LogP contribution in [0, 0.1) is 20.8 Å². The highest BCUT2D eigenvalue weighted by atomic mass is 32.1. The number of benzene rings is 1. The molecule has 0 saturated heterocycles. The fraction of sp³-hybridized carbons (Fsp3) is 0.350. The highest BCUT2D eigenvalue weighted by Gasteiger charge is 2.16. The zero-order valence-electron chi connectivity index (χ0n) is 15.5.